The summed E-state index contributed by atoms with van der Waals surface area (Å²) >= 11 is 1.50. The van der Waals surface area contributed by atoms with E-state index in [-0.39, 0.29) is 24.9 Å². The van der Waals surface area contributed by atoms with Gasteiger partial charge in [-0.15, -0.1) is 11.8 Å². The number of hydrogen-bond donors (Lipinski definition) is 2. The monoisotopic (exact) mass is 218 g/mol. The quantitative estimate of drug-likeness (QED) is 0.636. The van der Waals surface area contributed by atoms with Crippen LogP contribution in [0.15, 0.2) is 0 Å². The van der Waals surface area contributed by atoms with E-state index in [2.05, 4.69) is 5.32 Å². The van der Waals surface area contributed by atoms with E-state index in [1.807, 2.05) is 0 Å². The van der Waals surface area contributed by atoms with Gasteiger partial charge in [0, 0.05) is 6.54 Å². The average molecular weight is 218 g/mol. The van der Waals surface area contributed by atoms with Gasteiger partial charge in [0.15, 0.2) is 0 Å². The van der Waals surface area contributed by atoms with Crippen LogP contribution in [0.2, 0.25) is 0 Å². The first kappa shape index (κ1) is 11.3. The predicted octanol–water partition coefficient (Wildman–Crippen LogP) is -0.984. The number of carbonyl (C=O) groups excluding carboxylic acids is 2. The maximum atomic E-state index is 11.2. The topological polar surface area (TPSA) is 69.6 Å². The van der Waals surface area contributed by atoms with Gasteiger partial charge in [-0.25, -0.2) is 0 Å². The maximum Gasteiger partial charge on any atom is 0.239 e. The Hall–Kier alpha value is -0.750. The second kappa shape index (κ2) is 5.21. The van der Waals surface area contributed by atoms with Gasteiger partial charge in [0.05, 0.1) is 17.7 Å². The molecule has 2 N–H and O–H groups in total. The Balaban J connectivity index is 2.23. The Morgan fingerprint density at radius 2 is 2.50 bits per heavy atom. The fourth-order valence-electron chi connectivity index (χ4n) is 1.03. The summed E-state index contributed by atoms with van der Waals surface area (Å²) in [5.41, 5.74) is 0. The third-order valence-corrected chi connectivity index (χ3v) is 2.70. The summed E-state index contributed by atoms with van der Waals surface area (Å²) in [6.45, 7) is 1.92. The lowest BCUT2D eigenvalue weighted by molar-refractivity contribution is -0.132. The van der Waals surface area contributed by atoms with Gasteiger partial charge in [-0.05, 0) is 6.92 Å². The van der Waals surface area contributed by atoms with E-state index in [0.29, 0.717) is 11.6 Å². The van der Waals surface area contributed by atoms with Gasteiger partial charge in [0.25, 0.3) is 0 Å². The van der Waals surface area contributed by atoms with E-state index in [9.17, 15) is 9.59 Å². The van der Waals surface area contributed by atoms with Crippen LogP contribution < -0.4 is 5.32 Å². The first-order valence-corrected chi connectivity index (χ1v) is 5.55. The van der Waals surface area contributed by atoms with Crippen molar-refractivity contribution in [2.45, 2.75) is 13.0 Å². The molecule has 2 amide bonds. The number of aliphatic hydroxyl groups is 1. The van der Waals surface area contributed by atoms with E-state index in [0.717, 1.165) is 0 Å². The van der Waals surface area contributed by atoms with Gasteiger partial charge in [-0.2, -0.15) is 0 Å². The Morgan fingerprint density at radius 1 is 1.79 bits per heavy atom. The Bertz CT molecular complexity index is 233. The third-order valence-electron chi connectivity index (χ3n) is 1.75. The van der Waals surface area contributed by atoms with E-state index in [1.165, 1.54) is 16.7 Å². The Morgan fingerprint density at radius 3 is 3.00 bits per heavy atom. The van der Waals surface area contributed by atoms with Crippen LogP contribution in [-0.4, -0.2) is 52.6 Å². The van der Waals surface area contributed by atoms with Gasteiger partial charge < -0.3 is 15.3 Å². The molecule has 0 radical (unpaired) electrons. The molecule has 1 aliphatic rings. The van der Waals surface area contributed by atoms with Crippen molar-refractivity contribution in [3.8, 4) is 0 Å². The molecule has 0 aromatic carbocycles. The Kier molecular flexibility index (Phi) is 4.21. The summed E-state index contributed by atoms with van der Waals surface area (Å²) in [6.07, 6.45) is -0.553. The highest BCUT2D eigenvalue weighted by molar-refractivity contribution is 8.00. The van der Waals surface area contributed by atoms with Crippen molar-refractivity contribution in [1.29, 1.82) is 0 Å². The highest BCUT2D eigenvalue weighted by Crippen LogP contribution is 2.13. The van der Waals surface area contributed by atoms with Crippen molar-refractivity contribution >= 4 is 23.6 Å². The molecule has 1 heterocycles. The van der Waals surface area contributed by atoms with E-state index < -0.39 is 6.10 Å². The van der Waals surface area contributed by atoms with E-state index >= 15 is 0 Å². The molecule has 1 atom stereocenters. The van der Waals surface area contributed by atoms with Gasteiger partial charge in [-0.1, -0.05) is 0 Å². The zero-order chi connectivity index (χ0) is 10.6. The summed E-state index contributed by atoms with van der Waals surface area (Å²) < 4.78 is 0. The highest BCUT2D eigenvalue weighted by atomic mass is 32.2. The number of hydrogen-bond acceptors (Lipinski definition) is 4. The number of thioether (sulfide) groups is 1. The first-order chi connectivity index (χ1) is 6.59. The van der Waals surface area contributed by atoms with Crippen molar-refractivity contribution in [3.63, 3.8) is 0 Å². The lowest BCUT2D eigenvalue weighted by atomic mass is 10.4. The minimum absolute atomic E-state index is 0.00203. The molecule has 1 aliphatic heterocycles. The summed E-state index contributed by atoms with van der Waals surface area (Å²) in [4.78, 5) is 23.8. The molecule has 1 fully saturated rings. The van der Waals surface area contributed by atoms with Gasteiger partial charge in [-0.3, -0.25) is 9.59 Å². The number of nitrogens with zero attached hydrogens (tertiary/aromatic N) is 1. The number of carbonyl (C=O) groups is 2. The fraction of sp³-hybridized carbons (Fsp3) is 0.750. The van der Waals surface area contributed by atoms with Crippen molar-refractivity contribution in [3.05, 3.63) is 0 Å². The van der Waals surface area contributed by atoms with Crippen molar-refractivity contribution in [2.24, 2.45) is 0 Å². The molecule has 80 valence electrons. The molecular weight excluding hydrogens is 204 g/mol. The van der Waals surface area contributed by atoms with Gasteiger partial charge in [0.1, 0.15) is 6.54 Å². The molecule has 5 nitrogen and oxygen atoms in total. The normalized spacial score (nSPS) is 18.4. The van der Waals surface area contributed by atoms with Crippen LogP contribution in [-0.2, 0) is 9.59 Å². The summed E-state index contributed by atoms with van der Waals surface area (Å²) in [5.74, 6) is 0.828. The molecule has 0 saturated carbocycles. The number of amides is 2. The SMILES string of the molecule is C[C@H](O)CNC(=O)CN1CSCC1=O. The highest BCUT2D eigenvalue weighted by Gasteiger charge is 2.22. The molecule has 1 saturated heterocycles. The van der Waals surface area contributed by atoms with Gasteiger partial charge in [0.2, 0.25) is 11.8 Å². The second-order valence-electron chi connectivity index (χ2n) is 3.22. The van der Waals surface area contributed by atoms with Crippen LogP contribution in [0.4, 0.5) is 0 Å². The summed E-state index contributed by atoms with van der Waals surface area (Å²) in [7, 11) is 0. The smallest absolute Gasteiger partial charge is 0.239 e. The van der Waals surface area contributed by atoms with Crippen LogP contribution in [0.25, 0.3) is 0 Å². The second-order valence-corrected chi connectivity index (χ2v) is 4.18. The molecule has 6 heteroatoms. The van der Waals surface area contributed by atoms with Crippen molar-refractivity contribution in [2.75, 3.05) is 24.7 Å². The van der Waals surface area contributed by atoms with Crippen LogP contribution >= 0.6 is 11.8 Å². The zero-order valence-electron chi connectivity index (χ0n) is 8.02. The molecule has 0 bridgehead atoms. The Labute approximate surface area is 86.8 Å². The van der Waals surface area contributed by atoms with Crippen LogP contribution in [0.5, 0.6) is 0 Å². The van der Waals surface area contributed by atoms with Crippen LogP contribution in [0.3, 0.4) is 0 Å². The minimum atomic E-state index is -0.553. The van der Waals surface area contributed by atoms with Crippen molar-refractivity contribution < 1.29 is 14.7 Å². The predicted molar refractivity (Wildman–Crippen MR) is 53.7 cm³/mol. The third kappa shape index (κ3) is 3.55. The minimum Gasteiger partial charge on any atom is -0.392 e. The summed E-state index contributed by atoms with van der Waals surface area (Å²) in [6, 6.07) is 0. The molecule has 0 spiro atoms. The van der Waals surface area contributed by atoms with E-state index in [4.69, 9.17) is 5.11 Å². The molecular formula is C8H14N2O3S. The van der Waals surface area contributed by atoms with E-state index in [1.54, 1.807) is 6.92 Å². The van der Waals surface area contributed by atoms with Crippen molar-refractivity contribution in [1.82, 2.24) is 10.2 Å². The zero-order valence-corrected chi connectivity index (χ0v) is 8.84. The molecule has 0 aliphatic carbocycles. The molecule has 0 aromatic heterocycles. The van der Waals surface area contributed by atoms with Gasteiger partial charge >= 0.3 is 0 Å². The fourth-order valence-corrected chi connectivity index (χ4v) is 1.94. The maximum absolute atomic E-state index is 11.2. The molecule has 14 heavy (non-hydrogen) atoms. The standard InChI is InChI=1S/C8H14N2O3S/c1-6(11)2-9-7(12)3-10-5-14-4-8(10)13/h6,11H,2-5H2,1H3,(H,9,12)/t6-/m0/s1. The molecule has 1 rings (SSSR count). The number of aliphatic hydroxyl groups excluding tert-OH is 1. The molecule has 0 aromatic rings. The van der Waals surface area contributed by atoms with Crippen LogP contribution in [0, 0.1) is 0 Å². The number of rotatable bonds is 4. The number of nitrogens with one attached hydrogen (secondary N) is 1. The van der Waals surface area contributed by atoms with Crippen LogP contribution in [0.1, 0.15) is 6.92 Å². The largest absolute Gasteiger partial charge is 0.392 e. The summed E-state index contributed by atoms with van der Waals surface area (Å²) in [5, 5.41) is 11.5. The lowest BCUT2D eigenvalue weighted by Crippen LogP contribution is -2.40. The average Bonchev–Trinajstić information content (AvgIpc) is 2.49. The first-order valence-electron chi connectivity index (χ1n) is 4.40. The lowest BCUT2D eigenvalue weighted by Gasteiger charge is -2.14. The molecule has 0 unspecified atom stereocenters.